The molecular weight excluding hydrogens is 426 g/mol. The first kappa shape index (κ1) is 10.7. The summed E-state index contributed by atoms with van der Waals surface area (Å²) in [6.07, 6.45) is 1.85. The van der Waals surface area contributed by atoms with Crippen LogP contribution in [0.3, 0.4) is 0 Å². The average molecular weight is 432 g/mol. The Morgan fingerprint density at radius 3 is 2.79 bits per heavy atom. The Labute approximate surface area is 113 Å². The van der Waals surface area contributed by atoms with E-state index in [0.29, 0.717) is 0 Å². The van der Waals surface area contributed by atoms with Crippen LogP contribution in [0.4, 0.5) is 0 Å². The summed E-state index contributed by atoms with van der Waals surface area (Å²) in [5.74, 6) is 0. The van der Waals surface area contributed by atoms with E-state index in [0.717, 1.165) is 19.6 Å². The predicted octanol–water partition coefficient (Wildman–Crippen LogP) is 2.30. The number of halogens is 2. The predicted molar refractivity (Wildman–Crippen MR) is 71.4 cm³/mol. The van der Waals surface area contributed by atoms with Crippen molar-refractivity contribution in [1.29, 1.82) is 0 Å². The second-order valence-corrected chi connectivity index (χ2v) is 5.62. The van der Waals surface area contributed by atoms with Crippen molar-refractivity contribution in [2.24, 2.45) is 0 Å². The molecule has 0 unspecified atom stereocenters. The maximum Gasteiger partial charge on any atom is 0.132 e. The van der Waals surface area contributed by atoms with Crippen LogP contribution in [-0.4, -0.2) is 19.1 Å². The molecule has 0 saturated heterocycles. The summed E-state index contributed by atoms with van der Waals surface area (Å²) >= 11 is 5.97. The van der Waals surface area contributed by atoms with Crippen LogP contribution >= 0.6 is 56.7 Å². The van der Waals surface area contributed by atoms with Crippen LogP contribution in [0.1, 0.15) is 10.6 Å². The largest absolute Gasteiger partial charge is 0.320 e. The number of hydrogen-bond donors (Lipinski definition) is 0. The van der Waals surface area contributed by atoms with Crippen LogP contribution in [-0.2, 0) is 6.54 Å². The Kier molecular flexibility index (Phi) is 3.37. The Bertz CT molecular complexity index is 450. The highest BCUT2D eigenvalue weighted by Crippen LogP contribution is 2.17. The summed E-state index contributed by atoms with van der Waals surface area (Å²) in [7, 11) is 0. The zero-order valence-electron chi connectivity index (χ0n) is 7.24. The monoisotopic (exact) mass is 432 g/mol. The molecule has 0 aromatic carbocycles. The molecule has 0 aliphatic rings. The molecule has 7 heteroatoms. The number of imidazole rings is 1. The molecule has 0 fully saturated rings. The van der Waals surface area contributed by atoms with E-state index in [4.69, 9.17) is 0 Å². The van der Waals surface area contributed by atoms with Gasteiger partial charge in [0.2, 0.25) is 0 Å². The fourth-order valence-electron chi connectivity index (χ4n) is 1.00. The van der Waals surface area contributed by atoms with Crippen LogP contribution < -0.4 is 0 Å². The third-order valence-electron chi connectivity index (χ3n) is 1.79. The minimum Gasteiger partial charge on any atom is -0.320 e. The van der Waals surface area contributed by atoms with Gasteiger partial charge in [0.05, 0.1) is 23.4 Å². The molecule has 2 aromatic heterocycles. The Hall–Kier alpha value is 0.230. The molecule has 0 atom stereocenters. The quantitative estimate of drug-likeness (QED) is 0.685. The van der Waals surface area contributed by atoms with Crippen molar-refractivity contribution < 1.29 is 0 Å². The molecule has 74 valence electrons. The maximum absolute atomic E-state index is 4.23. The first-order chi connectivity index (χ1) is 6.68. The van der Waals surface area contributed by atoms with E-state index in [9.17, 15) is 0 Å². The van der Waals surface area contributed by atoms with E-state index in [-0.39, 0.29) is 0 Å². The number of aromatic nitrogens is 4. The van der Waals surface area contributed by atoms with Gasteiger partial charge in [-0.05, 0) is 63.6 Å². The fraction of sp³-hybridized carbons (Fsp3) is 0.286. The summed E-state index contributed by atoms with van der Waals surface area (Å²) in [6, 6.07) is 0. The molecular formula is C7H6I2N4S. The minimum atomic E-state index is 0.817. The number of aryl methyl sites for hydroxylation is 1. The summed E-state index contributed by atoms with van der Waals surface area (Å²) in [5.41, 5.74) is 1.01. The van der Waals surface area contributed by atoms with Gasteiger partial charge < -0.3 is 4.57 Å². The topological polar surface area (TPSA) is 43.6 Å². The molecule has 4 nitrogen and oxygen atoms in total. The van der Waals surface area contributed by atoms with Gasteiger partial charge in [0.1, 0.15) is 7.40 Å². The molecule has 0 aliphatic heterocycles. The van der Waals surface area contributed by atoms with Crippen LogP contribution in [0.2, 0.25) is 0 Å². The summed E-state index contributed by atoms with van der Waals surface area (Å²) in [6.45, 7) is 2.80. The summed E-state index contributed by atoms with van der Waals surface area (Å²) in [4.78, 5) is 5.42. The van der Waals surface area contributed by atoms with E-state index in [1.54, 1.807) is 0 Å². The number of hydrogen-bond acceptors (Lipinski definition) is 4. The molecule has 0 saturated carbocycles. The molecule has 14 heavy (non-hydrogen) atoms. The SMILES string of the molecule is Cc1nnsc1Cn1cnc(I)c1I. The van der Waals surface area contributed by atoms with Gasteiger partial charge in [-0.3, -0.25) is 0 Å². The van der Waals surface area contributed by atoms with Crippen molar-refractivity contribution in [3.63, 3.8) is 0 Å². The average Bonchev–Trinajstić information content (AvgIpc) is 2.68. The number of rotatable bonds is 2. The Morgan fingerprint density at radius 2 is 2.29 bits per heavy atom. The second kappa shape index (κ2) is 4.39. The van der Waals surface area contributed by atoms with Crippen molar-refractivity contribution in [3.05, 3.63) is 24.3 Å². The Balaban J connectivity index is 2.27. The fourth-order valence-corrected chi connectivity index (χ4v) is 2.50. The maximum atomic E-state index is 4.23. The number of nitrogens with zero attached hydrogens (tertiary/aromatic N) is 4. The molecule has 0 radical (unpaired) electrons. The summed E-state index contributed by atoms with van der Waals surface area (Å²) in [5, 5.41) is 3.98. The van der Waals surface area contributed by atoms with Crippen molar-refractivity contribution in [1.82, 2.24) is 19.1 Å². The molecule has 2 rings (SSSR count). The lowest BCUT2D eigenvalue weighted by Gasteiger charge is -2.01. The van der Waals surface area contributed by atoms with Gasteiger partial charge in [-0.1, -0.05) is 4.49 Å². The van der Waals surface area contributed by atoms with E-state index in [2.05, 4.69) is 64.3 Å². The highest BCUT2D eigenvalue weighted by molar-refractivity contribution is 14.1. The zero-order chi connectivity index (χ0) is 10.1. The van der Waals surface area contributed by atoms with E-state index >= 15 is 0 Å². The molecule has 0 amide bonds. The molecule has 2 aromatic rings. The molecule has 0 N–H and O–H groups in total. The van der Waals surface area contributed by atoms with Crippen LogP contribution in [0.5, 0.6) is 0 Å². The Morgan fingerprint density at radius 1 is 1.50 bits per heavy atom. The third-order valence-corrected chi connectivity index (χ3v) is 5.55. The van der Waals surface area contributed by atoms with Crippen LogP contribution in [0.15, 0.2) is 6.33 Å². The van der Waals surface area contributed by atoms with Gasteiger partial charge >= 0.3 is 0 Å². The molecule has 2 heterocycles. The minimum absolute atomic E-state index is 0.817. The first-order valence-corrected chi connectivity index (χ1v) is 6.75. The second-order valence-electron chi connectivity index (χ2n) is 2.74. The van der Waals surface area contributed by atoms with Gasteiger partial charge in [0, 0.05) is 0 Å². The van der Waals surface area contributed by atoms with Crippen LogP contribution in [0, 0.1) is 14.3 Å². The van der Waals surface area contributed by atoms with E-state index < -0.39 is 0 Å². The van der Waals surface area contributed by atoms with Gasteiger partial charge in [-0.2, -0.15) is 0 Å². The highest BCUT2D eigenvalue weighted by atomic mass is 127. The van der Waals surface area contributed by atoms with Gasteiger partial charge in [-0.15, -0.1) is 5.10 Å². The van der Waals surface area contributed by atoms with E-state index in [1.165, 1.54) is 16.4 Å². The van der Waals surface area contributed by atoms with E-state index in [1.807, 2.05) is 13.3 Å². The first-order valence-electron chi connectivity index (χ1n) is 3.82. The van der Waals surface area contributed by atoms with Crippen LogP contribution in [0.25, 0.3) is 0 Å². The lowest BCUT2D eigenvalue weighted by molar-refractivity contribution is 0.781. The smallest absolute Gasteiger partial charge is 0.132 e. The normalized spacial score (nSPS) is 10.8. The lowest BCUT2D eigenvalue weighted by Crippen LogP contribution is -2.00. The van der Waals surface area contributed by atoms with Crippen molar-refractivity contribution in [3.8, 4) is 0 Å². The molecule has 0 aliphatic carbocycles. The van der Waals surface area contributed by atoms with Gasteiger partial charge in [-0.25, -0.2) is 4.98 Å². The summed E-state index contributed by atoms with van der Waals surface area (Å²) < 4.78 is 8.21. The molecule has 0 bridgehead atoms. The molecule has 0 spiro atoms. The van der Waals surface area contributed by atoms with Crippen molar-refractivity contribution in [2.75, 3.05) is 0 Å². The van der Waals surface area contributed by atoms with Gasteiger partial charge in [0.25, 0.3) is 0 Å². The highest BCUT2D eigenvalue weighted by Gasteiger charge is 2.08. The lowest BCUT2D eigenvalue weighted by atomic mass is 10.4. The van der Waals surface area contributed by atoms with Crippen molar-refractivity contribution in [2.45, 2.75) is 13.5 Å². The third kappa shape index (κ3) is 2.08. The zero-order valence-corrected chi connectivity index (χ0v) is 12.4. The van der Waals surface area contributed by atoms with Gasteiger partial charge in [0.15, 0.2) is 0 Å². The standard InChI is InChI=1S/C7H6I2N4S/c1-4-5(14-12-11-4)2-13-3-10-6(8)7(13)9/h3H,2H2,1H3. The van der Waals surface area contributed by atoms with Crippen molar-refractivity contribution >= 4 is 56.7 Å².